The molecule has 0 unspecified atom stereocenters. The second-order valence-corrected chi connectivity index (χ2v) is 8.69. The Hall–Kier alpha value is -2.12. The lowest BCUT2D eigenvalue weighted by Gasteiger charge is -2.23. The average molecular weight is 395 g/mol. The summed E-state index contributed by atoms with van der Waals surface area (Å²) in [5, 5.41) is 6.31. The van der Waals surface area contributed by atoms with E-state index in [0.29, 0.717) is 11.7 Å². The normalized spacial score (nSPS) is 16.5. The fourth-order valence-corrected chi connectivity index (χ4v) is 3.70. The number of carbonyl (C=O) groups is 2. The van der Waals surface area contributed by atoms with Crippen LogP contribution >= 0.6 is 0 Å². The third kappa shape index (κ3) is 8.27. The third-order valence-electron chi connectivity index (χ3n) is 4.98. The maximum atomic E-state index is 12.3. The van der Waals surface area contributed by atoms with Crippen LogP contribution < -0.4 is 11.1 Å². The van der Waals surface area contributed by atoms with Crippen LogP contribution in [0.5, 0.6) is 0 Å². The number of esters is 1. The molecular weight excluding hydrogens is 360 g/mol. The van der Waals surface area contributed by atoms with Gasteiger partial charge in [-0.3, -0.25) is 4.79 Å². The average Bonchev–Trinajstić information content (AvgIpc) is 3.07. The molecule has 1 fully saturated rings. The first-order chi connectivity index (χ1) is 13.2. The van der Waals surface area contributed by atoms with Crippen molar-refractivity contribution in [3.05, 3.63) is 11.7 Å². The topological polar surface area (TPSA) is 120 Å². The monoisotopic (exact) mass is 394 g/mol. The number of ether oxygens (including phenoxy) is 1. The van der Waals surface area contributed by atoms with Crippen LogP contribution in [-0.2, 0) is 16.1 Å². The lowest BCUT2D eigenvalue weighted by Crippen LogP contribution is -2.29. The van der Waals surface area contributed by atoms with Gasteiger partial charge in [0.05, 0.1) is 13.0 Å². The first-order valence-corrected chi connectivity index (χ1v) is 10.3. The molecule has 0 bridgehead atoms. The molecule has 0 radical (unpaired) electrons. The van der Waals surface area contributed by atoms with Crippen molar-refractivity contribution in [2.24, 2.45) is 11.7 Å². The zero-order valence-corrected chi connectivity index (χ0v) is 17.3. The van der Waals surface area contributed by atoms with Crippen LogP contribution in [0.15, 0.2) is 4.52 Å². The quantitative estimate of drug-likeness (QED) is 0.615. The molecule has 3 N–H and O–H groups in total. The number of amides is 2. The minimum absolute atomic E-state index is 0.0973. The smallest absolute Gasteiger partial charge is 0.312 e. The number of carbonyl (C=O) groups excluding carboxylic acids is 2. The van der Waals surface area contributed by atoms with Crippen molar-refractivity contribution in [2.45, 2.75) is 96.6 Å². The molecule has 1 aromatic rings. The Morgan fingerprint density at radius 2 is 2.00 bits per heavy atom. The molecule has 28 heavy (non-hydrogen) atoms. The summed E-state index contributed by atoms with van der Waals surface area (Å²) in [4.78, 5) is 27.5. The molecule has 1 heterocycles. The van der Waals surface area contributed by atoms with E-state index in [9.17, 15) is 9.59 Å². The summed E-state index contributed by atoms with van der Waals surface area (Å²) in [6, 6.07) is -0.649. The molecular formula is C20H34N4O4. The fraction of sp³-hybridized carbons (Fsp3) is 0.800. The highest BCUT2D eigenvalue weighted by Gasteiger charge is 2.26. The van der Waals surface area contributed by atoms with Gasteiger partial charge in [-0.05, 0) is 33.1 Å². The number of primary amides is 1. The number of urea groups is 1. The fourth-order valence-electron chi connectivity index (χ4n) is 3.70. The minimum Gasteiger partial charge on any atom is -0.460 e. The summed E-state index contributed by atoms with van der Waals surface area (Å²) >= 11 is 0. The molecule has 1 aliphatic carbocycles. The molecule has 8 heteroatoms. The molecule has 8 nitrogen and oxygen atoms in total. The molecule has 0 aliphatic heterocycles. The highest BCUT2D eigenvalue weighted by Crippen LogP contribution is 2.31. The van der Waals surface area contributed by atoms with E-state index in [0.717, 1.165) is 25.2 Å². The van der Waals surface area contributed by atoms with Crippen LogP contribution in [0.1, 0.15) is 96.2 Å². The lowest BCUT2D eigenvalue weighted by atomic mass is 9.84. The zero-order valence-electron chi connectivity index (χ0n) is 17.3. The third-order valence-corrected chi connectivity index (χ3v) is 4.98. The standard InChI is InChI=1S/C20H34N4O4/c1-20(2,3)27-17(25)12-15(11-7-10-14-8-5-4-6-9-14)18-23-16(24-28-18)13-22-19(21)26/h14-15H,4-13H2,1-3H3,(H3,21,22,26)/t15-/m1/s1. The van der Waals surface area contributed by atoms with E-state index in [4.69, 9.17) is 15.0 Å². The summed E-state index contributed by atoms with van der Waals surface area (Å²) in [7, 11) is 0. The van der Waals surface area contributed by atoms with E-state index >= 15 is 0 Å². The van der Waals surface area contributed by atoms with Crippen molar-refractivity contribution < 1.29 is 18.8 Å². The summed E-state index contributed by atoms with van der Waals surface area (Å²) in [6.07, 6.45) is 9.78. The van der Waals surface area contributed by atoms with Gasteiger partial charge in [-0.25, -0.2) is 4.79 Å². The maximum absolute atomic E-state index is 12.3. The van der Waals surface area contributed by atoms with Gasteiger partial charge in [0, 0.05) is 5.92 Å². The van der Waals surface area contributed by atoms with Gasteiger partial charge < -0.3 is 20.3 Å². The number of nitrogens with one attached hydrogen (secondary N) is 1. The Kier molecular flexibility index (Phi) is 8.26. The number of hydrogen-bond donors (Lipinski definition) is 2. The van der Waals surface area contributed by atoms with Crippen molar-refractivity contribution in [1.29, 1.82) is 0 Å². The molecule has 1 aliphatic rings. The number of hydrogen-bond acceptors (Lipinski definition) is 6. The van der Waals surface area contributed by atoms with Crippen LogP contribution in [0.3, 0.4) is 0 Å². The zero-order chi connectivity index (χ0) is 20.6. The second kappa shape index (κ2) is 10.4. The molecule has 2 amide bonds. The van der Waals surface area contributed by atoms with Gasteiger partial charge in [0.2, 0.25) is 5.89 Å². The largest absolute Gasteiger partial charge is 0.460 e. The molecule has 158 valence electrons. The minimum atomic E-state index is -0.649. The van der Waals surface area contributed by atoms with E-state index in [1.54, 1.807) is 0 Å². The van der Waals surface area contributed by atoms with E-state index in [2.05, 4.69) is 15.5 Å². The Balaban J connectivity index is 1.96. The lowest BCUT2D eigenvalue weighted by molar-refractivity contribution is -0.155. The van der Waals surface area contributed by atoms with Crippen LogP contribution in [0, 0.1) is 5.92 Å². The number of rotatable bonds is 9. The molecule has 0 aromatic carbocycles. The maximum Gasteiger partial charge on any atom is 0.312 e. The summed E-state index contributed by atoms with van der Waals surface area (Å²) in [5.41, 5.74) is 4.54. The van der Waals surface area contributed by atoms with Crippen molar-refractivity contribution in [3.63, 3.8) is 0 Å². The Bertz CT molecular complexity index is 632. The molecule has 1 atom stereocenters. The van der Waals surface area contributed by atoms with Crippen LogP contribution in [0.25, 0.3) is 0 Å². The number of aromatic nitrogens is 2. The van der Waals surface area contributed by atoms with Crippen LogP contribution in [0.4, 0.5) is 4.79 Å². The predicted molar refractivity (Wildman–Crippen MR) is 104 cm³/mol. The highest BCUT2D eigenvalue weighted by atomic mass is 16.6. The molecule has 1 aromatic heterocycles. The van der Waals surface area contributed by atoms with Gasteiger partial charge >= 0.3 is 12.0 Å². The van der Waals surface area contributed by atoms with Crippen molar-refractivity contribution in [3.8, 4) is 0 Å². The Morgan fingerprint density at radius 3 is 2.64 bits per heavy atom. The van der Waals surface area contributed by atoms with E-state index in [1.165, 1.54) is 32.1 Å². The second-order valence-electron chi connectivity index (χ2n) is 8.69. The first kappa shape index (κ1) is 22.2. The van der Waals surface area contributed by atoms with Gasteiger partial charge in [-0.1, -0.05) is 50.1 Å². The SMILES string of the molecule is CC(C)(C)OC(=O)C[C@@H](CCCC1CCCCC1)c1nc(CNC(N)=O)no1. The van der Waals surface area contributed by atoms with Crippen LogP contribution in [0.2, 0.25) is 0 Å². The van der Waals surface area contributed by atoms with E-state index in [-0.39, 0.29) is 24.9 Å². The summed E-state index contributed by atoms with van der Waals surface area (Å²) < 4.78 is 10.8. The molecule has 2 rings (SSSR count). The van der Waals surface area contributed by atoms with E-state index in [1.807, 2.05) is 20.8 Å². The van der Waals surface area contributed by atoms with Gasteiger partial charge in [0.25, 0.3) is 0 Å². The van der Waals surface area contributed by atoms with Gasteiger partial charge in [0.15, 0.2) is 5.82 Å². The molecule has 0 saturated heterocycles. The molecule has 0 spiro atoms. The highest BCUT2D eigenvalue weighted by molar-refractivity contribution is 5.71. The Morgan fingerprint density at radius 1 is 1.29 bits per heavy atom. The first-order valence-electron chi connectivity index (χ1n) is 10.3. The predicted octanol–water partition coefficient (Wildman–Crippen LogP) is 3.80. The van der Waals surface area contributed by atoms with Crippen molar-refractivity contribution >= 4 is 12.0 Å². The summed E-state index contributed by atoms with van der Waals surface area (Å²) in [6.45, 7) is 5.65. The number of nitrogens with two attached hydrogens (primary N) is 1. The summed E-state index contributed by atoms with van der Waals surface area (Å²) in [5.74, 6) is 1.08. The van der Waals surface area contributed by atoms with Gasteiger partial charge in [0.1, 0.15) is 5.60 Å². The van der Waals surface area contributed by atoms with Crippen molar-refractivity contribution in [2.75, 3.05) is 0 Å². The van der Waals surface area contributed by atoms with Gasteiger partial charge in [-0.15, -0.1) is 0 Å². The van der Waals surface area contributed by atoms with Crippen LogP contribution in [-0.4, -0.2) is 27.7 Å². The van der Waals surface area contributed by atoms with Gasteiger partial charge in [-0.2, -0.15) is 4.98 Å². The number of nitrogens with zero attached hydrogens (tertiary/aromatic N) is 2. The molecule has 1 saturated carbocycles. The Labute approximate surface area is 167 Å². The van der Waals surface area contributed by atoms with E-state index < -0.39 is 11.6 Å². The van der Waals surface area contributed by atoms with Crippen molar-refractivity contribution in [1.82, 2.24) is 15.5 Å².